The fourth-order valence-electron chi connectivity index (χ4n) is 3.84. The van der Waals surface area contributed by atoms with E-state index in [9.17, 15) is 22.4 Å². The minimum absolute atomic E-state index is 0.131. The predicted molar refractivity (Wildman–Crippen MR) is 87.8 cm³/mol. The van der Waals surface area contributed by atoms with E-state index in [0.717, 1.165) is 11.1 Å². The first-order chi connectivity index (χ1) is 12.8. The summed E-state index contributed by atoms with van der Waals surface area (Å²) in [5.74, 6) is -2.12. The molecule has 27 heavy (non-hydrogen) atoms. The molecule has 9 heteroatoms. The summed E-state index contributed by atoms with van der Waals surface area (Å²) < 4.78 is 60.2. The molecule has 1 saturated heterocycles. The largest absolute Gasteiger partial charge is 0.479 e. The minimum atomic E-state index is -4.92. The number of carbonyl (C=O) groups is 1. The minimum Gasteiger partial charge on any atom is -0.479 e. The Labute approximate surface area is 151 Å². The number of hydrogen-bond donors (Lipinski definition) is 1. The summed E-state index contributed by atoms with van der Waals surface area (Å²) >= 11 is 0. The van der Waals surface area contributed by atoms with Gasteiger partial charge in [-0.3, -0.25) is 4.79 Å². The standard InChI is InChI=1S/C18H15F4N3O2/c19-12-2-1-3-13-15(12)25-11(10-23)4-5-14(25)17(27-13)6-8-24(9-7-17)16(26)18(20,21)22/h1-5,10,23H,6-9H2. The smallest absolute Gasteiger partial charge is 0.471 e. The van der Waals surface area contributed by atoms with Crippen molar-refractivity contribution in [3.05, 3.63) is 47.5 Å². The number of ether oxygens (including phenoxy) is 1. The van der Waals surface area contributed by atoms with E-state index in [-0.39, 0.29) is 37.4 Å². The van der Waals surface area contributed by atoms with Gasteiger partial charge in [0.1, 0.15) is 11.4 Å². The fourth-order valence-corrected chi connectivity index (χ4v) is 3.84. The van der Waals surface area contributed by atoms with Crippen LogP contribution in [-0.2, 0) is 10.4 Å². The maximum atomic E-state index is 14.4. The number of nitrogens with one attached hydrogen (secondary N) is 1. The Morgan fingerprint density at radius 1 is 1.19 bits per heavy atom. The number of alkyl halides is 3. The van der Waals surface area contributed by atoms with Gasteiger partial charge in [-0.2, -0.15) is 13.2 Å². The van der Waals surface area contributed by atoms with Crippen LogP contribution < -0.4 is 4.74 Å². The van der Waals surface area contributed by atoms with Crippen LogP contribution in [0.4, 0.5) is 17.6 Å². The van der Waals surface area contributed by atoms with E-state index in [0.29, 0.717) is 11.4 Å². The number of nitrogens with zero attached hydrogens (tertiary/aromatic N) is 2. The van der Waals surface area contributed by atoms with Crippen LogP contribution in [0.3, 0.4) is 0 Å². The van der Waals surface area contributed by atoms with Gasteiger partial charge in [-0.1, -0.05) is 6.07 Å². The number of halogens is 4. The SMILES string of the molecule is N=Cc1ccc2n1-c1c(F)cccc1OC21CCN(C(=O)C(F)(F)F)CC1. The Morgan fingerprint density at radius 3 is 2.52 bits per heavy atom. The van der Waals surface area contributed by atoms with E-state index < -0.39 is 23.5 Å². The van der Waals surface area contributed by atoms with Crippen LogP contribution in [0.15, 0.2) is 30.3 Å². The Morgan fingerprint density at radius 2 is 1.89 bits per heavy atom. The third kappa shape index (κ3) is 2.60. The highest BCUT2D eigenvalue weighted by atomic mass is 19.4. The van der Waals surface area contributed by atoms with Gasteiger partial charge in [-0.05, 0) is 24.3 Å². The van der Waals surface area contributed by atoms with Crippen LogP contribution in [0.1, 0.15) is 24.2 Å². The normalized spacial score (nSPS) is 17.9. The molecule has 1 aromatic heterocycles. The lowest BCUT2D eigenvalue weighted by Crippen LogP contribution is -2.52. The van der Waals surface area contributed by atoms with Gasteiger partial charge in [0, 0.05) is 32.1 Å². The van der Waals surface area contributed by atoms with Gasteiger partial charge < -0.3 is 19.6 Å². The Balaban J connectivity index is 1.74. The number of piperidine rings is 1. The van der Waals surface area contributed by atoms with Gasteiger partial charge in [0.05, 0.1) is 11.4 Å². The van der Waals surface area contributed by atoms with Gasteiger partial charge in [0.15, 0.2) is 11.4 Å². The van der Waals surface area contributed by atoms with Crippen LogP contribution in [0, 0.1) is 11.2 Å². The zero-order valence-electron chi connectivity index (χ0n) is 14.0. The van der Waals surface area contributed by atoms with E-state index in [1.165, 1.54) is 12.1 Å². The molecule has 3 heterocycles. The molecule has 1 amide bonds. The summed E-state index contributed by atoms with van der Waals surface area (Å²) in [5, 5.41) is 7.58. The third-order valence-electron chi connectivity index (χ3n) is 5.11. The molecule has 0 radical (unpaired) electrons. The first-order valence-corrected chi connectivity index (χ1v) is 8.33. The molecule has 0 aliphatic carbocycles. The van der Waals surface area contributed by atoms with Crippen molar-refractivity contribution >= 4 is 12.1 Å². The van der Waals surface area contributed by atoms with Gasteiger partial charge in [-0.25, -0.2) is 4.39 Å². The molecule has 2 aliphatic rings. The summed E-state index contributed by atoms with van der Waals surface area (Å²) in [6.45, 7) is -0.262. The molecule has 2 aliphatic heterocycles. The number of aromatic nitrogens is 1. The summed E-state index contributed by atoms with van der Waals surface area (Å²) in [4.78, 5) is 12.3. The number of hydrogen-bond acceptors (Lipinski definition) is 3. The molecule has 142 valence electrons. The molecule has 1 spiro atoms. The van der Waals surface area contributed by atoms with E-state index in [4.69, 9.17) is 10.1 Å². The molecule has 0 atom stereocenters. The Hall–Kier alpha value is -2.84. The number of carbonyl (C=O) groups excluding carboxylic acids is 1. The fraction of sp³-hybridized carbons (Fsp3) is 0.333. The maximum absolute atomic E-state index is 14.4. The maximum Gasteiger partial charge on any atom is 0.471 e. The number of likely N-dealkylation sites (tertiary alicyclic amines) is 1. The molecule has 1 aromatic carbocycles. The molecule has 5 nitrogen and oxygen atoms in total. The summed E-state index contributed by atoms with van der Waals surface area (Å²) in [6, 6.07) is 7.69. The average Bonchev–Trinajstić information content (AvgIpc) is 3.06. The highest BCUT2D eigenvalue weighted by Crippen LogP contribution is 2.46. The lowest BCUT2D eigenvalue weighted by atomic mass is 9.86. The van der Waals surface area contributed by atoms with Gasteiger partial charge in [0.25, 0.3) is 0 Å². The predicted octanol–water partition coefficient (Wildman–Crippen LogP) is 3.39. The second-order valence-corrected chi connectivity index (χ2v) is 6.60. The van der Waals surface area contributed by atoms with E-state index in [2.05, 4.69) is 0 Å². The second-order valence-electron chi connectivity index (χ2n) is 6.60. The lowest BCUT2D eigenvalue weighted by Gasteiger charge is -2.45. The van der Waals surface area contributed by atoms with Crippen molar-refractivity contribution < 1.29 is 27.1 Å². The summed E-state index contributed by atoms with van der Waals surface area (Å²) in [7, 11) is 0. The lowest BCUT2D eigenvalue weighted by molar-refractivity contribution is -0.188. The molecule has 4 rings (SSSR count). The second kappa shape index (κ2) is 5.83. The first kappa shape index (κ1) is 17.6. The van der Waals surface area contributed by atoms with Crippen molar-refractivity contribution in [2.45, 2.75) is 24.6 Å². The molecular formula is C18H15F4N3O2. The number of fused-ring (bicyclic) bond motifs is 4. The first-order valence-electron chi connectivity index (χ1n) is 8.33. The van der Waals surface area contributed by atoms with Crippen LogP contribution in [0.25, 0.3) is 5.69 Å². The number of benzene rings is 1. The van der Waals surface area contributed by atoms with E-state index >= 15 is 0 Å². The quantitative estimate of drug-likeness (QED) is 0.608. The number of para-hydroxylation sites is 1. The third-order valence-corrected chi connectivity index (χ3v) is 5.11. The summed E-state index contributed by atoms with van der Waals surface area (Å²) in [5.41, 5.74) is 0.200. The van der Waals surface area contributed by atoms with Crippen molar-refractivity contribution in [3.8, 4) is 11.4 Å². The van der Waals surface area contributed by atoms with Crippen LogP contribution >= 0.6 is 0 Å². The molecule has 0 saturated carbocycles. The zero-order valence-corrected chi connectivity index (χ0v) is 14.0. The van der Waals surface area contributed by atoms with Gasteiger partial charge >= 0.3 is 12.1 Å². The van der Waals surface area contributed by atoms with Crippen LogP contribution in [-0.4, -0.2) is 40.9 Å². The average molecular weight is 381 g/mol. The molecular weight excluding hydrogens is 366 g/mol. The van der Waals surface area contributed by atoms with E-state index in [1.807, 2.05) is 0 Å². The van der Waals surface area contributed by atoms with E-state index in [1.54, 1.807) is 22.8 Å². The highest BCUT2D eigenvalue weighted by molar-refractivity contribution is 5.82. The molecule has 0 unspecified atom stereocenters. The Bertz CT molecular complexity index is 927. The van der Waals surface area contributed by atoms with Crippen molar-refractivity contribution in [1.29, 1.82) is 5.41 Å². The van der Waals surface area contributed by atoms with Gasteiger partial charge in [-0.15, -0.1) is 0 Å². The van der Waals surface area contributed by atoms with Crippen molar-refractivity contribution in [2.75, 3.05) is 13.1 Å². The molecule has 2 aromatic rings. The molecule has 0 bridgehead atoms. The number of rotatable bonds is 1. The van der Waals surface area contributed by atoms with Crippen LogP contribution in [0.5, 0.6) is 5.75 Å². The summed E-state index contributed by atoms with van der Waals surface area (Å²) in [6.07, 6.45) is -3.57. The van der Waals surface area contributed by atoms with Crippen molar-refractivity contribution in [2.24, 2.45) is 0 Å². The zero-order chi connectivity index (χ0) is 19.4. The topological polar surface area (TPSA) is 58.3 Å². The molecule has 1 fully saturated rings. The van der Waals surface area contributed by atoms with Crippen molar-refractivity contribution in [1.82, 2.24) is 9.47 Å². The number of amides is 1. The Kier molecular flexibility index (Phi) is 3.79. The van der Waals surface area contributed by atoms with Crippen molar-refractivity contribution in [3.63, 3.8) is 0 Å². The van der Waals surface area contributed by atoms with Gasteiger partial charge in [0.2, 0.25) is 0 Å². The molecule has 1 N–H and O–H groups in total. The highest BCUT2D eigenvalue weighted by Gasteiger charge is 2.49. The monoisotopic (exact) mass is 381 g/mol. The van der Waals surface area contributed by atoms with Crippen LogP contribution in [0.2, 0.25) is 0 Å².